The molecule has 0 aliphatic carbocycles. The highest BCUT2D eigenvalue weighted by Gasteiger charge is 2.45. The summed E-state index contributed by atoms with van der Waals surface area (Å²) < 4.78 is 14.6. The second-order valence-corrected chi connectivity index (χ2v) is 20.8. The Morgan fingerprint density at radius 2 is 1.57 bits per heavy atom. The highest BCUT2D eigenvalue weighted by atomic mass is 19.1. The number of H-pyrrole nitrogens is 1. The lowest BCUT2D eigenvalue weighted by Gasteiger charge is -2.47. The van der Waals surface area contributed by atoms with Crippen molar-refractivity contribution in [1.82, 2.24) is 50.3 Å². The predicted octanol–water partition coefficient (Wildman–Crippen LogP) is 5.17. The van der Waals surface area contributed by atoms with Crippen LogP contribution >= 0.6 is 0 Å². The Morgan fingerprint density at radius 3 is 2.22 bits per heavy atom. The molecule has 2 aromatic heterocycles. The molecule has 0 saturated carbocycles. The maximum absolute atomic E-state index is 14.6. The molecule has 4 fully saturated rings. The van der Waals surface area contributed by atoms with Crippen molar-refractivity contribution in [3.8, 4) is 29.4 Å². The molecule has 4 amide bonds. The number of aromatic hydroxyl groups is 1. The number of hydrogen-bond acceptors (Lipinski definition) is 10. The summed E-state index contributed by atoms with van der Waals surface area (Å²) in [6.07, 6.45) is 11.7. The number of phenolic OH excluding ortho intramolecular Hbond substituents is 1. The molecule has 0 spiro atoms. The number of likely N-dealkylation sites (tertiary alicyclic amines) is 4. The smallest absolute Gasteiger partial charge is 0.318 e. The number of urea groups is 1. The average Bonchev–Trinajstić information content (AvgIpc) is 3.93. The van der Waals surface area contributed by atoms with E-state index in [9.17, 15) is 29.0 Å². The van der Waals surface area contributed by atoms with Gasteiger partial charge in [-0.3, -0.25) is 14.5 Å². The SMILES string of the molecule is C#Cc1ccc(CNC(=O)[C@@H]2C[C@@H](O)CN2C(=O)[C@@H](NC(=O)N2CCC(N3CCC(N4CCC(N5CCc6[nH]c7nnc(-c8ccccc8O)cc7c6[C@H]5C)CC4)CC3)CC2)C(C)(C)C)c(F)c1. The Morgan fingerprint density at radius 1 is 0.912 bits per heavy atom. The number of fused-ring (bicyclic) bond motifs is 3. The first-order valence-corrected chi connectivity index (χ1v) is 24.6. The van der Waals surface area contributed by atoms with Gasteiger partial charge in [-0.2, -0.15) is 0 Å². The molecule has 362 valence electrons. The number of β-amino-alcohol motifs (C(OH)–C–C–N with tert-alkyl or cyclic N) is 1. The van der Waals surface area contributed by atoms with E-state index < -0.39 is 41.2 Å². The summed E-state index contributed by atoms with van der Waals surface area (Å²) in [7, 11) is 0. The molecular formula is C52H67FN10O5. The van der Waals surface area contributed by atoms with E-state index in [-0.39, 0.29) is 42.9 Å². The number of carbonyl (C=O) groups excluding carboxylic acids is 3. The van der Waals surface area contributed by atoms with E-state index >= 15 is 0 Å². The fraction of sp³-hybridized carbons (Fsp3) is 0.558. The number of hydrogen-bond donors (Lipinski definition) is 5. The Kier molecular flexibility index (Phi) is 13.8. The number of para-hydroxylation sites is 1. The lowest BCUT2D eigenvalue weighted by molar-refractivity contribution is -0.142. The van der Waals surface area contributed by atoms with Gasteiger partial charge in [-0.25, -0.2) is 9.18 Å². The average molecular weight is 931 g/mol. The summed E-state index contributed by atoms with van der Waals surface area (Å²) in [6, 6.07) is 13.2. The van der Waals surface area contributed by atoms with Gasteiger partial charge in [-0.15, -0.1) is 16.6 Å². The summed E-state index contributed by atoms with van der Waals surface area (Å²) in [5.41, 5.74) is 4.67. The van der Waals surface area contributed by atoms with E-state index in [0.717, 1.165) is 88.7 Å². The van der Waals surface area contributed by atoms with Gasteiger partial charge in [0.25, 0.3) is 0 Å². The Hall–Kier alpha value is -5.60. The second-order valence-electron chi connectivity index (χ2n) is 20.8. The number of aliphatic hydroxyl groups is 1. The Labute approximate surface area is 398 Å². The predicted molar refractivity (Wildman–Crippen MR) is 258 cm³/mol. The first-order chi connectivity index (χ1) is 32.7. The van der Waals surface area contributed by atoms with Crippen LogP contribution in [0.1, 0.15) is 101 Å². The zero-order chi connectivity index (χ0) is 47.9. The molecule has 5 aliphatic rings. The van der Waals surface area contributed by atoms with Gasteiger partial charge in [0.2, 0.25) is 11.8 Å². The van der Waals surface area contributed by atoms with Gasteiger partial charge in [-0.1, -0.05) is 44.9 Å². The van der Waals surface area contributed by atoms with Gasteiger partial charge in [0.15, 0.2) is 5.65 Å². The van der Waals surface area contributed by atoms with E-state index in [1.807, 2.05) is 39.0 Å². The molecule has 68 heavy (non-hydrogen) atoms. The lowest BCUT2D eigenvalue weighted by atomic mass is 9.85. The number of rotatable bonds is 9. The van der Waals surface area contributed by atoms with Crippen LogP contribution in [0, 0.1) is 23.6 Å². The fourth-order valence-electron chi connectivity index (χ4n) is 11.7. The molecule has 0 radical (unpaired) electrons. The quantitative estimate of drug-likeness (QED) is 0.141. The molecule has 4 aromatic rings. The van der Waals surface area contributed by atoms with Crippen molar-refractivity contribution in [3.63, 3.8) is 0 Å². The summed E-state index contributed by atoms with van der Waals surface area (Å²) in [6.45, 7) is 14.3. The van der Waals surface area contributed by atoms with Crippen molar-refractivity contribution in [3.05, 3.63) is 76.7 Å². The van der Waals surface area contributed by atoms with E-state index in [0.29, 0.717) is 48.0 Å². The maximum Gasteiger partial charge on any atom is 0.318 e. The van der Waals surface area contributed by atoms with Gasteiger partial charge in [0, 0.05) is 97.5 Å². The number of piperidine rings is 3. The molecule has 5 aliphatic heterocycles. The van der Waals surface area contributed by atoms with E-state index in [4.69, 9.17) is 6.42 Å². The zero-order valence-corrected chi connectivity index (χ0v) is 39.9. The highest BCUT2D eigenvalue weighted by Crippen LogP contribution is 2.40. The first-order valence-electron chi connectivity index (χ1n) is 24.6. The highest BCUT2D eigenvalue weighted by molar-refractivity contribution is 5.93. The Bertz CT molecular complexity index is 2530. The number of amides is 4. The van der Waals surface area contributed by atoms with Gasteiger partial charge >= 0.3 is 6.03 Å². The van der Waals surface area contributed by atoms with Crippen LogP contribution < -0.4 is 10.6 Å². The number of nitrogens with zero attached hydrogens (tertiary/aromatic N) is 7. The number of terminal acetylenes is 1. The molecule has 4 saturated heterocycles. The molecule has 0 unspecified atom stereocenters. The number of nitrogens with one attached hydrogen (secondary N) is 3. The van der Waals surface area contributed by atoms with Crippen molar-refractivity contribution in [2.75, 3.05) is 52.4 Å². The van der Waals surface area contributed by atoms with Crippen molar-refractivity contribution in [2.45, 2.75) is 128 Å². The first kappa shape index (κ1) is 47.5. The number of aromatic amines is 1. The van der Waals surface area contributed by atoms with Crippen molar-refractivity contribution >= 4 is 28.9 Å². The van der Waals surface area contributed by atoms with E-state index in [1.165, 1.54) is 28.3 Å². The van der Waals surface area contributed by atoms with Crippen LogP contribution in [-0.4, -0.2) is 156 Å². The molecule has 15 nitrogen and oxygen atoms in total. The normalized spacial score (nSPS) is 23.3. The minimum Gasteiger partial charge on any atom is -0.507 e. The van der Waals surface area contributed by atoms with Crippen LogP contribution in [0.4, 0.5) is 9.18 Å². The van der Waals surface area contributed by atoms with Gasteiger partial charge in [0.1, 0.15) is 23.7 Å². The monoisotopic (exact) mass is 931 g/mol. The number of benzene rings is 2. The lowest BCUT2D eigenvalue weighted by Crippen LogP contribution is -2.60. The van der Waals surface area contributed by atoms with Crippen LogP contribution in [0.15, 0.2) is 48.5 Å². The van der Waals surface area contributed by atoms with Crippen LogP contribution in [0.25, 0.3) is 22.3 Å². The summed E-state index contributed by atoms with van der Waals surface area (Å²) >= 11 is 0. The van der Waals surface area contributed by atoms with Crippen molar-refractivity contribution in [1.29, 1.82) is 0 Å². The van der Waals surface area contributed by atoms with Crippen LogP contribution in [0.2, 0.25) is 0 Å². The largest absolute Gasteiger partial charge is 0.507 e. The second kappa shape index (κ2) is 19.8. The third kappa shape index (κ3) is 9.81. The molecule has 5 N–H and O–H groups in total. The van der Waals surface area contributed by atoms with Gasteiger partial charge < -0.3 is 45.4 Å². The molecule has 4 atom stereocenters. The number of aromatic nitrogens is 3. The number of carbonyl (C=O) groups is 3. The number of aliphatic hydroxyl groups excluding tert-OH is 1. The standard InChI is InChI=1S/C52H67FN10O5/c1-6-33-11-12-34(41(53)27-33)30-54-49(66)44-28-38(64)31-63(44)50(67)47(52(3,4)5)56-51(68)61-24-15-36(16-25-61)59-20-13-35(14-21-59)60-22-17-37(18-23-60)62-26-19-42-46(32(62)2)40-29-43(57-58-48(40)55-42)39-9-7-8-10-45(39)65/h1,7-12,27,29,32,35-38,44,47,64-65H,13-26,28,30-31H2,2-5H3,(H,54,66)(H,55,58)(H,56,68)/t32-,38-,44+,47-/m1/s1. The fourth-order valence-corrected chi connectivity index (χ4v) is 11.7. The molecule has 16 heteroatoms. The topological polar surface area (TPSA) is 173 Å². The minimum atomic E-state index is -0.970. The molecule has 0 bridgehead atoms. The van der Waals surface area contributed by atoms with E-state index in [2.05, 4.69) is 59.4 Å². The van der Waals surface area contributed by atoms with Gasteiger partial charge in [-0.05, 0) is 113 Å². The molecule has 7 heterocycles. The summed E-state index contributed by atoms with van der Waals surface area (Å²) in [5.74, 6) is 1.11. The van der Waals surface area contributed by atoms with Crippen LogP contribution in [0.3, 0.4) is 0 Å². The number of halogens is 1. The van der Waals surface area contributed by atoms with Crippen molar-refractivity contribution in [2.24, 2.45) is 5.41 Å². The summed E-state index contributed by atoms with van der Waals surface area (Å²) in [5, 5.41) is 36.9. The summed E-state index contributed by atoms with van der Waals surface area (Å²) in [4.78, 5) is 56.2. The van der Waals surface area contributed by atoms with Crippen LogP contribution in [-0.2, 0) is 22.6 Å². The molecule has 2 aromatic carbocycles. The molecule has 9 rings (SSSR count). The van der Waals surface area contributed by atoms with Crippen LogP contribution in [0.5, 0.6) is 5.75 Å². The van der Waals surface area contributed by atoms with Crippen molar-refractivity contribution < 1.29 is 29.0 Å². The van der Waals surface area contributed by atoms with E-state index in [1.54, 1.807) is 17.0 Å². The zero-order valence-electron chi connectivity index (χ0n) is 39.9. The third-order valence-electron chi connectivity index (χ3n) is 15.6. The Balaban J connectivity index is 0.731. The molecular weight excluding hydrogens is 864 g/mol. The number of phenols is 1. The maximum atomic E-state index is 14.6. The third-order valence-corrected chi connectivity index (χ3v) is 15.6. The minimum absolute atomic E-state index is 0.0402. The van der Waals surface area contributed by atoms with Gasteiger partial charge in [0.05, 0.1) is 11.8 Å².